The van der Waals surface area contributed by atoms with Crippen LogP contribution in [0.3, 0.4) is 0 Å². The predicted octanol–water partition coefficient (Wildman–Crippen LogP) is 2.75. The van der Waals surface area contributed by atoms with E-state index < -0.39 is 14.8 Å². The third-order valence-corrected chi connectivity index (χ3v) is 6.96. The van der Waals surface area contributed by atoms with Crippen molar-refractivity contribution in [3.63, 3.8) is 0 Å². The Balaban J connectivity index is 2.47. The minimum atomic E-state index is -2.67. The minimum absolute atomic E-state index is 0.137. The Morgan fingerprint density at radius 1 is 1.19 bits per heavy atom. The molecule has 1 amide bonds. The zero-order chi connectivity index (χ0) is 20.1. The van der Waals surface area contributed by atoms with Gasteiger partial charge in [0.15, 0.2) is 0 Å². The predicted molar refractivity (Wildman–Crippen MR) is 108 cm³/mol. The molecule has 1 aromatic rings. The summed E-state index contributed by atoms with van der Waals surface area (Å²) in [6.45, 7) is 9.59. The molecule has 1 aromatic carbocycles. The van der Waals surface area contributed by atoms with Gasteiger partial charge in [0.05, 0.1) is 0 Å². The Hall–Kier alpha value is -1.74. The van der Waals surface area contributed by atoms with E-state index in [-0.39, 0.29) is 11.7 Å². The Labute approximate surface area is 163 Å². The van der Waals surface area contributed by atoms with E-state index in [4.69, 9.17) is 13.3 Å². The summed E-state index contributed by atoms with van der Waals surface area (Å²) in [5.41, 5.74) is 0.582. The van der Waals surface area contributed by atoms with Gasteiger partial charge >= 0.3 is 8.80 Å². The van der Waals surface area contributed by atoms with Gasteiger partial charge in [0, 0.05) is 44.2 Å². The molecule has 0 aliphatic rings. The van der Waals surface area contributed by atoms with Crippen LogP contribution in [0.5, 0.6) is 5.75 Å². The summed E-state index contributed by atoms with van der Waals surface area (Å²) in [5, 5.41) is 12.6. The molecule has 0 saturated heterocycles. The maximum Gasteiger partial charge on any atom is 0.500 e. The van der Waals surface area contributed by atoms with Crippen molar-refractivity contribution in [2.45, 2.75) is 46.2 Å². The van der Waals surface area contributed by atoms with E-state index in [1.807, 2.05) is 20.8 Å². The van der Waals surface area contributed by atoms with E-state index >= 15 is 0 Å². The molecule has 0 bridgehead atoms. The highest BCUT2D eigenvalue weighted by Crippen LogP contribution is 2.18. The first-order valence-electron chi connectivity index (χ1n) is 9.48. The Morgan fingerprint density at radius 3 is 2.33 bits per heavy atom. The van der Waals surface area contributed by atoms with Gasteiger partial charge in [-0.3, -0.25) is 9.79 Å². The lowest BCUT2D eigenvalue weighted by molar-refractivity contribution is -0.121. The lowest BCUT2D eigenvalue weighted by Crippen LogP contribution is -2.46. The van der Waals surface area contributed by atoms with Crippen LogP contribution in [0, 0.1) is 0 Å². The van der Waals surface area contributed by atoms with E-state index in [1.165, 1.54) is 6.21 Å². The molecular formula is C19H32N2O5Si. The molecule has 0 spiro atoms. The molecule has 0 radical (unpaired) electrons. The average molecular weight is 397 g/mol. The van der Waals surface area contributed by atoms with E-state index in [0.29, 0.717) is 44.4 Å². The van der Waals surface area contributed by atoms with Crippen molar-refractivity contribution < 1.29 is 23.2 Å². The number of para-hydroxylation sites is 1. The van der Waals surface area contributed by atoms with E-state index in [1.54, 1.807) is 31.2 Å². The number of aliphatic imine (C=N–C) groups is 1. The molecule has 1 unspecified atom stereocenters. The van der Waals surface area contributed by atoms with Gasteiger partial charge in [-0.15, -0.1) is 0 Å². The molecule has 27 heavy (non-hydrogen) atoms. The first kappa shape index (κ1) is 23.3. The van der Waals surface area contributed by atoms with Gasteiger partial charge in [-0.2, -0.15) is 0 Å². The second-order valence-corrected chi connectivity index (χ2v) is 8.62. The quantitative estimate of drug-likeness (QED) is 0.304. The lowest BCUT2D eigenvalue weighted by atomic mass is 10.2. The largest absolute Gasteiger partial charge is 0.507 e. The van der Waals surface area contributed by atoms with Gasteiger partial charge in [0.2, 0.25) is 5.91 Å². The number of carbonyl (C=O) groups is 1. The third kappa shape index (κ3) is 8.21. The van der Waals surface area contributed by atoms with Crippen LogP contribution in [0.2, 0.25) is 6.04 Å². The smallest absolute Gasteiger partial charge is 0.500 e. The molecule has 7 nitrogen and oxygen atoms in total. The number of carbonyl (C=O) groups excluding carboxylic acids is 1. The monoisotopic (exact) mass is 396 g/mol. The zero-order valence-electron chi connectivity index (χ0n) is 16.7. The molecule has 152 valence electrons. The van der Waals surface area contributed by atoms with Crippen molar-refractivity contribution in [3.8, 4) is 5.75 Å². The van der Waals surface area contributed by atoms with Crippen molar-refractivity contribution in [3.05, 3.63) is 29.8 Å². The molecule has 0 fully saturated rings. The van der Waals surface area contributed by atoms with Crippen molar-refractivity contribution in [2.75, 3.05) is 26.4 Å². The molecule has 0 aliphatic carbocycles. The number of amides is 1. The summed E-state index contributed by atoms with van der Waals surface area (Å²) >= 11 is 0. The Kier molecular flexibility index (Phi) is 10.9. The van der Waals surface area contributed by atoms with E-state index in [9.17, 15) is 9.90 Å². The zero-order valence-corrected chi connectivity index (χ0v) is 17.7. The fraction of sp³-hybridized carbons (Fsp3) is 0.579. The number of nitrogens with zero attached hydrogens (tertiary/aromatic N) is 1. The van der Waals surface area contributed by atoms with Crippen molar-refractivity contribution in [1.82, 2.24) is 5.32 Å². The second-order valence-electron chi connectivity index (χ2n) is 5.89. The van der Waals surface area contributed by atoms with Gasteiger partial charge in [-0.25, -0.2) is 0 Å². The summed E-state index contributed by atoms with van der Waals surface area (Å²) < 4.78 is 17.4. The van der Waals surface area contributed by atoms with Crippen LogP contribution in [0.15, 0.2) is 29.3 Å². The van der Waals surface area contributed by atoms with Gasteiger partial charge < -0.3 is 23.7 Å². The minimum Gasteiger partial charge on any atom is -0.507 e. The molecule has 2 N–H and O–H groups in total. The Morgan fingerprint density at radius 2 is 1.78 bits per heavy atom. The molecular weight excluding hydrogens is 364 g/mol. The number of phenolic OH excluding ortho intramolecular Hbond substituents is 1. The van der Waals surface area contributed by atoms with Crippen molar-refractivity contribution in [1.29, 1.82) is 0 Å². The number of rotatable bonds is 13. The van der Waals surface area contributed by atoms with Crippen LogP contribution in [-0.2, 0) is 18.1 Å². The highest BCUT2D eigenvalue weighted by molar-refractivity contribution is 6.60. The topological polar surface area (TPSA) is 89.4 Å². The lowest BCUT2D eigenvalue weighted by Gasteiger charge is -2.28. The van der Waals surface area contributed by atoms with Crippen LogP contribution in [0.25, 0.3) is 0 Å². The fourth-order valence-corrected chi connectivity index (χ4v) is 5.13. The van der Waals surface area contributed by atoms with Crippen LogP contribution < -0.4 is 5.32 Å². The summed E-state index contributed by atoms with van der Waals surface area (Å²) in [6.07, 6.45) is 2.21. The van der Waals surface area contributed by atoms with E-state index in [0.717, 1.165) is 0 Å². The molecule has 0 saturated carbocycles. The number of phenols is 1. The number of benzene rings is 1. The first-order chi connectivity index (χ1) is 13.0. The summed E-state index contributed by atoms with van der Waals surface area (Å²) in [4.78, 5) is 16.4. The maximum absolute atomic E-state index is 12.2. The van der Waals surface area contributed by atoms with Crippen LogP contribution >= 0.6 is 0 Å². The second kappa shape index (κ2) is 12.6. The van der Waals surface area contributed by atoms with E-state index in [2.05, 4.69) is 10.3 Å². The number of aromatic hydroxyl groups is 1. The summed E-state index contributed by atoms with van der Waals surface area (Å²) in [7, 11) is -2.67. The van der Waals surface area contributed by atoms with Crippen LogP contribution in [0.1, 0.15) is 39.7 Å². The summed E-state index contributed by atoms with van der Waals surface area (Å²) in [5.74, 6) is -0.0314. The molecule has 0 aromatic heterocycles. The van der Waals surface area contributed by atoms with Gasteiger partial charge in [-0.1, -0.05) is 12.1 Å². The van der Waals surface area contributed by atoms with Gasteiger partial charge in [-0.05, 0) is 46.2 Å². The van der Waals surface area contributed by atoms with Gasteiger partial charge in [0.1, 0.15) is 11.8 Å². The maximum atomic E-state index is 12.2. The number of nitrogens with one attached hydrogen (secondary N) is 1. The molecule has 0 aliphatic heterocycles. The molecule has 1 atom stereocenters. The Bertz CT molecular complexity index is 580. The SMILES string of the molecule is CCO[Si](CCCNC(=O)C(C)N=Cc1ccccc1O)(OCC)OCC. The first-order valence-corrected chi connectivity index (χ1v) is 11.4. The molecule has 8 heteroatoms. The number of hydrogen-bond acceptors (Lipinski definition) is 6. The standard InChI is InChI=1S/C19H32N2O5Si/c1-5-24-27(25-6-2,26-7-3)14-10-13-20-19(23)16(4)21-15-17-11-8-9-12-18(17)22/h8-9,11-12,15-16,22H,5-7,10,13-14H2,1-4H3,(H,20,23). The van der Waals surface area contributed by atoms with Crippen LogP contribution in [-0.4, -0.2) is 58.4 Å². The molecule has 1 rings (SSSR count). The fourth-order valence-electron chi connectivity index (χ4n) is 2.52. The highest BCUT2D eigenvalue weighted by Gasteiger charge is 2.39. The normalized spacial score (nSPS) is 13.0. The summed E-state index contributed by atoms with van der Waals surface area (Å²) in [6, 6.07) is 6.96. The number of hydrogen-bond donors (Lipinski definition) is 2. The molecule has 0 heterocycles. The van der Waals surface area contributed by atoms with Gasteiger partial charge in [0.25, 0.3) is 0 Å². The highest BCUT2D eigenvalue weighted by atomic mass is 28.4. The van der Waals surface area contributed by atoms with Crippen LogP contribution in [0.4, 0.5) is 0 Å². The van der Waals surface area contributed by atoms with Crippen molar-refractivity contribution in [2.24, 2.45) is 4.99 Å². The van der Waals surface area contributed by atoms with Crippen molar-refractivity contribution >= 4 is 20.9 Å². The third-order valence-electron chi connectivity index (χ3n) is 3.81. The average Bonchev–Trinajstić information content (AvgIpc) is 2.65.